The number of carbonyl (C=O) groups excluding carboxylic acids is 1. The Balaban J connectivity index is 1.90. The highest BCUT2D eigenvalue weighted by Gasteiger charge is 2.21. The quantitative estimate of drug-likeness (QED) is 0.566. The summed E-state index contributed by atoms with van der Waals surface area (Å²) in [5, 5.41) is 24.4. The van der Waals surface area contributed by atoms with Crippen molar-refractivity contribution >= 4 is 17.3 Å². The van der Waals surface area contributed by atoms with E-state index in [-0.39, 0.29) is 23.6 Å². The summed E-state index contributed by atoms with van der Waals surface area (Å²) in [6.45, 7) is 4.07. The molecule has 10 heteroatoms. The number of nitro benzene ring substituents is 2. The van der Waals surface area contributed by atoms with Gasteiger partial charge in [-0.25, -0.2) is 0 Å². The van der Waals surface area contributed by atoms with E-state index in [4.69, 9.17) is 4.74 Å². The molecule has 1 heterocycles. The first kappa shape index (κ1) is 17.8. The van der Waals surface area contributed by atoms with Gasteiger partial charge in [-0.05, 0) is 6.07 Å². The van der Waals surface area contributed by atoms with Crippen LogP contribution in [0.5, 0.6) is 0 Å². The molecular formula is C14H18N4O6. The first-order valence-electron chi connectivity index (χ1n) is 7.46. The maximum Gasteiger partial charge on any atom is 0.279 e. The highest BCUT2D eigenvalue weighted by Crippen LogP contribution is 2.24. The van der Waals surface area contributed by atoms with Gasteiger partial charge in [-0.2, -0.15) is 0 Å². The summed E-state index contributed by atoms with van der Waals surface area (Å²) in [6.07, 6.45) is -0.197. The monoisotopic (exact) mass is 338 g/mol. The van der Waals surface area contributed by atoms with E-state index in [1.54, 1.807) is 0 Å². The number of ether oxygens (including phenoxy) is 1. The van der Waals surface area contributed by atoms with Crippen molar-refractivity contribution in [3.05, 3.63) is 44.0 Å². The van der Waals surface area contributed by atoms with Crippen molar-refractivity contribution < 1.29 is 19.4 Å². The van der Waals surface area contributed by atoms with Crippen molar-refractivity contribution in [1.82, 2.24) is 10.2 Å². The summed E-state index contributed by atoms with van der Waals surface area (Å²) in [7, 11) is 0. The van der Waals surface area contributed by atoms with E-state index in [1.807, 2.05) is 0 Å². The average molecular weight is 338 g/mol. The first-order valence-corrected chi connectivity index (χ1v) is 7.46. The molecule has 1 saturated heterocycles. The van der Waals surface area contributed by atoms with E-state index in [2.05, 4.69) is 10.2 Å². The zero-order valence-electron chi connectivity index (χ0n) is 13.0. The number of amides is 1. The maximum absolute atomic E-state index is 11.9. The van der Waals surface area contributed by atoms with Gasteiger partial charge in [-0.1, -0.05) is 0 Å². The number of nitro groups is 2. The van der Waals surface area contributed by atoms with Crippen molar-refractivity contribution in [2.45, 2.75) is 6.42 Å². The minimum atomic E-state index is -0.719. The lowest BCUT2D eigenvalue weighted by Gasteiger charge is -2.26. The maximum atomic E-state index is 11.9. The van der Waals surface area contributed by atoms with Gasteiger partial charge in [-0.3, -0.25) is 29.9 Å². The zero-order valence-corrected chi connectivity index (χ0v) is 13.0. The Kier molecular flexibility index (Phi) is 6.15. The van der Waals surface area contributed by atoms with Crippen molar-refractivity contribution in [2.24, 2.45) is 0 Å². The van der Waals surface area contributed by atoms with Gasteiger partial charge < -0.3 is 10.1 Å². The van der Waals surface area contributed by atoms with E-state index in [9.17, 15) is 25.0 Å². The Morgan fingerprint density at radius 2 is 1.92 bits per heavy atom. The molecule has 0 atom stereocenters. The van der Waals surface area contributed by atoms with Gasteiger partial charge in [0.1, 0.15) is 0 Å². The number of rotatable bonds is 7. The molecule has 1 aliphatic rings. The van der Waals surface area contributed by atoms with Crippen molar-refractivity contribution in [3.8, 4) is 0 Å². The summed E-state index contributed by atoms with van der Waals surface area (Å²) in [5.74, 6) is -0.361. The number of nitrogens with zero attached hydrogens (tertiary/aromatic N) is 3. The zero-order chi connectivity index (χ0) is 17.5. The van der Waals surface area contributed by atoms with E-state index in [0.29, 0.717) is 26.3 Å². The van der Waals surface area contributed by atoms with E-state index in [0.717, 1.165) is 25.2 Å². The molecule has 0 aliphatic carbocycles. The molecule has 10 nitrogen and oxygen atoms in total. The van der Waals surface area contributed by atoms with Gasteiger partial charge in [0.15, 0.2) is 0 Å². The number of morpholine rings is 1. The third-order valence-electron chi connectivity index (χ3n) is 3.68. The molecule has 1 aliphatic heterocycles. The van der Waals surface area contributed by atoms with Crippen LogP contribution in [0.2, 0.25) is 0 Å². The molecule has 1 aromatic rings. The van der Waals surface area contributed by atoms with Crippen LogP contribution in [0.3, 0.4) is 0 Å². The summed E-state index contributed by atoms with van der Waals surface area (Å²) < 4.78 is 5.23. The van der Waals surface area contributed by atoms with Crippen LogP contribution in [0.25, 0.3) is 0 Å². The van der Waals surface area contributed by atoms with Crippen LogP contribution in [0.15, 0.2) is 18.2 Å². The lowest BCUT2D eigenvalue weighted by molar-refractivity contribution is -0.394. The predicted octanol–water partition coefficient (Wildman–Crippen LogP) is 0.494. The Morgan fingerprint density at radius 1 is 1.21 bits per heavy atom. The van der Waals surface area contributed by atoms with Gasteiger partial charge in [0, 0.05) is 37.8 Å². The molecule has 24 heavy (non-hydrogen) atoms. The second-order valence-electron chi connectivity index (χ2n) is 5.31. The summed E-state index contributed by atoms with van der Waals surface area (Å²) in [6, 6.07) is 3.28. The molecule has 2 rings (SSSR count). The molecule has 1 amide bonds. The number of benzene rings is 1. The minimum absolute atomic E-state index is 0.148. The minimum Gasteiger partial charge on any atom is -0.379 e. The van der Waals surface area contributed by atoms with Gasteiger partial charge in [0.05, 0.1) is 35.5 Å². The molecule has 1 fully saturated rings. The van der Waals surface area contributed by atoms with Crippen LogP contribution in [0.4, 0.5) is 11.4 Å². The molecule has 0 spiro atoms. The number of hydrogen-bond acceptors (Lipinski definition) is 7. The summed E-state index contributed by atoms with van der Waals surface area (Å²) in [5.41, 5.74) is -0.653. The number of hydrogen-bond donors (Lipinski definition) is 1. The van der Waals surface area contributed by atoms with E-state index < -0.39 is 15.5 Å². The topological polar surface area (TPSA) is 128 Å². The van der Waals surface area contributed by atoms with Gasteiger partial charge in [0.2, 0.25) is 5.91 Å². The van der Waals surface area contributed by atoms with Crippen LogP contribution in [0, 0.1) is 20.2 Å². The van der Waals surface area contributed by atoms with Crippen LogP contribution in [0.1, 0.15) is 5.56 Å². The summed E-state index contributed by atoms with van der Waals surface area (Å²) >= 11 is 0. The third-order valence-corrected chi connectivity index (χ3v) is 3.68. The van der Waals surface area contributed by atoms with Crippen molar-refractivity contribution in [2.75, 3.05) is 39.4 Å². The molecule has 1 aromatic carbocycles. The summed E-state index contributed by atoms with van der Waals surface area (Å²) in [4.78, 5) is 34.4. The third kappa shape index (κ3) is 4.96. The first-order chi connectivity index (χ1) is 11.5. The number of carbonyl (C=O) groups is 1. The van der Waals surface area contributed by atoms with Crippen molar-refractivity contribution in [1.29, 1.82) is 0 Å². The number of non-ortho nitro benzene ring substituents is 1. The lowest BCUT2D eigenvalue weighted by Crippen LogP contribution is -2.41. The molecule has 0 aromatic heterocycles. The molecule has 0 unspecified atom stereocenters. The second-order valence-corrected chi connectivity index (χ2v) is 5.31. The Hall–Kier alpha value is -2.59. The highest BCUT2D eigenvalue weighted by molar-refractivity contribution is 5.80. The van der Waals surface area contributed by atoms with Gasteiger partial charge in [-0.15, -0.1) is 0 Å². The number of nitrogens with one attached hydrogen (secondary N) is 1. The molecular weight excluding hydrogens is 320 g/mol. The normalized spacial score (nSPS) is 15.0. The Morgan fingerprint density at radius 3 is 2.54 bits per heavy atom. The smallest absolute Gasteiger partial charge is 0.279 e. The Bertz CT molecular complexity index is 630. The lowest BCUT2D eigenvalue weighted by atomic mass is 10.1. The molecule has 130 valence electrons. The fourth-order valence-corrected chi connectivity index (χ4v) is 2.40. The average Bonchev–Trinajstić information content (AvgIpc) is 2.55. The highest BCUT2D eigenvalue weighted by atomic mass is 16.6. The van der Waals surface area contributed by atoms with E-state index >= 15 is 0 Å². The van der Waals surface area contributed by atoms with Crippen molar-refractivity contribution in [3.63, 3.8) is 0 Å². The Labute approximate surface area is 137 Å². The molecule has 0 radical (unpaired) electrons. The van der Waals surface area contributed by atoms with Gasteiger partial charge in [0.25, 0.3) is 11.4 Å². The molecule has 1 N–H and O–H groups in total. The second kappa shape index (κ2) is 8.31. The fourth-order valence-electron chi connectivity index (χ4n) is 2.40. The van der Waals surface area contributed by atoms with E-state index in [1.165, 1.54) is 6.07 Å². The van der Waals surface area contributed by atoms with Crippen LogP contribution in [-0.2, 0) is 16.0 Å². The molecule has 0 bridgehead atoms. The van der Waals surface area contributed by atoms with Crippen LogP contribution >= 0.6 is 0 Å². The largest absolute Gasteiger partial charge is 0.379 e. The molecule has 0 saturated carbocycles. The SMILES string of the molecule is O=C(Cc1ccc([N+](=O)[O-])cc1[N+](=O)[O-])NCCN1CCOCC1. The van der Waals surface area contributed by atoms with Gasteiger partial charge >= 0.3 is 0 Å². The predicted molar refractivity (Wildman–Crippen MR) is 83.7 cm³/mol. The fraction of sp³-hybridized carbons (Fsp3) is 0.500. The standard InChI is InChI=1S/C14H18N4O6/c19-14(15-3-4-16-5-7-24-8-6-16)9-11-1-2-12(17(20)21)10-13(11)18(22)23/h1-2,10H,3-9H2,(H,15,19). The van der Waals surface area contributed by atoms with Crippen LogP contribution < -0.4 is 5.32 Å². The van der Waals surface area contributed by atoms with Crippen LogP contribution in [-0.4, -0.2) is 60.0 Å².